The smallest absolute Gasteiger partial charge is 0.123 e. The van der Waals surface area contributed by atoms with Crippen LogP contribution in [0.5, 0.6) is 0 Å². The van der Waals surface area contributed by atoms with Crippen molar-refractivity contribution >= 4 is 27.5 Å². The lowest BCUT2D eigenvalue weighted by molar-refractivity contribution is 0.488. The summed E-state index contributed by atoms with van der Waals surface area (Å²) in [7, 11) is 0. The summed E-state index contributed by atoms with van der Waals surface area (Å²) in [6, 6.07) is 4.64. The van der Waals surface area contributed by atoms with Gasteiger partial charge < -0.3 is 0 Å². The van der Waals surface area contributed by atoms with Crippen molar-refractivity contribution in [3.05, 3.63) is 34.6 Å². The fourth-order valence-corrected chi connectivity index (χ4v) is 3.66. The van der Waals surface area contributed by atoms with Crippen LogP contribution in [0.2, 0.25) is 5.02 Å². The van der Waals surface area contributed by atoms with Gasteiger partial charge in [-0.05, 0) is 48.4 Å². The van der Waals surface area contributed by atoms with E-state index in [4.69, 9.17) is 11.6 Å². The lowest BCUT2D eigenvalue weighted by Crippen LogP contribution is -2.18. The highest BCUT2D eigenvalue weighted by molar-refractivity contribution is 9.09. The van der Waals surface area contributed by atoms with Gasteiger partial charge in [0, 0.05) is 9.85 Å². The second kappa shape index (κ2) is 4.06. The van der Waals surface area contributed by atoms with Crippen molar-refractivity contribution in [1.82, 2.24) is 0 Å². The molecule has 0 saturated heterocycles. The third kappa shape index (κ3) is 2.21. The van der Waals surface area contributed by atoms with Crippen LogP contribution in [0.4, 0.5) is 4.39 Å². The van der Waals surface area contributed by atoms with Crippen LogP contribution in [0.25, 0.3) is 0 Å². The molecule has 0 spiro atoms. The van der Waals surface area contributed by atoms with Gasteiger partial charge in [-0.1, -0.05) is 34.5 Å². The number of alkyl halides is 1. The zero-order valence-electron chi connectivity index (χ0n) is 8.56. The number of rotatable bonds is 1. The summed E-state index contributed by atoms with van der Waals surface area (Å²) in [6.45, 7) is 2.16. The first-order valence-electron chi connectivity index (χ1n) is 5.11. The van der Waals surface area contributed by atoms with E-state index in [1.54, 1.807) is 12.1 Å². The van der Waals surface area contributed by atoms with Crippen molar-refractivity contribution in [3.8, 4) is 0 Å². The van der Waals surface area contributed by atoms with Gasteiger partial charge in [-0.15, -0.1) is 0 Å². The van der Waals surface area contributed by atoms with Crippen LogP contribution in [0.15, 0.2) is 18.2 Å². The largest absolute Gasteiger partial charge is 0.207 e. The van der Waals surface area contributed by atoms with Crippen LogP contribution >= 0.6 is 27.5 Å². The molecule has 1 fully saturated rings. The van der Waals surface area contributed by atoms with Crippen molar-refractivity contribution in [3.63, 3.8) is 0 Å². The van der Waals surface area contributed by atoms with E-state index in [2.05, 4.69) is 22.9 Å². The summed E-state index contributed by atoms with van der Waals surface area (Å²) in [5, 5.41) is 0.681. The summed E-state index contributed by atoms with van der Waals surface area (Å²) < 4.78 is 13.2. The molecule has 0 radical (unpaired) electrons. The SMILES string of the molecule is CC1(c2cc(F)ccc2Cl)CCC(Br)C1. The summed E-state index contributed by atoms with van der Waals surface area (Å²) in [5.74, 6) is -0.200. The van der Waals surface area contributed by atoms with Crippen molar-refractivity contribution < 1.29 is 4.39 Å². The zero-order chi connectivity index (χ0) is 11.1. The van der Waals surface area contributed by atoms with Gasteiger partial charge in [0.2, 0.25) is 0 Å². The molecule has 0 bridgehead atoms. The van der Waals surface area contributed by atoms with Crippen LogP contribution in [-0.2, 0) is 5.41 Å². The molecule has 0 heterocycles. The molecule has 0 N–H and O–H groups in total. The average Bonchev–Trinajstić information content (AvgIpc) is 2.52. The zero-order valence-corrected chi connectivity index (χ0v) is 10.9. The van der Waals surface area contributed by atoms with Crippen molar-refractivity contribution in [1.29, 1.82) is 0 Å². The van der Waals surface area contributed by atoms with E-state index in [1.165, 1.54) is 6.07 Å². The Morgan fingerprint density at radius 2 is 2.27 bits per heavy atom. The molecule has 0 aromatic heterocycles. The summed E-state index contributed by atoms with van der Waals surface area (Å²) in [4.78, 5) is 0.529. The second-order valence-corrected chi connectivity index (χ2v) is 6.23. The highest BCUT2D eigenvalue weighted by atomic mass is 79.9. The van der Waals surface area contributed by atoms with Gasteiger partial charge in [0.25, 0.3) is 0 Å². The van der Waals surface area contributed by atoms with Crippen LogP contribution < -0.4 is 0 Å². The van der Waals surface area contributed by atoms with Gasteiger partial charge in [0.15, 0.2) is 0 Å². The maximum Gasteiger partial charge on any atom is 0.123 e. The van der Waals surface area contributed by atoms with Gasteiger partial charge in [-0.25, -0.2) is 4.39 Å². The quantitative estimate of drug-likeness (QED) is 0.659. The molecule has 0 nitrogen and oxygen atoms in total. The molecular weight excluding hydrogens is 278 g/mol. The Hall–Kier alpha value is -0.0800. The Kier molecular flexibility index (Phi) is 3.09. The minimum atomic E-state index is -0.200. The maximum atomic E-state index is 13.2. The van der Waals surface area contributed by atoms with Gasteiger partial charge in [0.1, 0.15) is 5.82 Å². The molecular formula is C12H13BrClF. The van der Waals surface area contributed by atoms with Crippen LogP contribution in [0.1, 0.15) is 31.7 Å². The Balaban J connectivity index is 2.40. The molecule has 2 atom stereocenters. The van der Waals surface area contributed by atoms with Crippen LogP contribution in [-0.4, -0.2) is 4.83 Å². The number of benzene rings is 1. The first-order valence-corrected chi connectivity index (χ1v) is 6.40. The fourth-order valence-electron chi connectivity index (χ4n) is 2.37. The van der Waals surface area contributed by atoms with Crippen molar-refractivity contribution in [2.24, 2.45) is 0 Å². The molecule has 15 heavy (non-hydrogen) atoms. The van der Waals surface area contributed by atoms with E-state index in [1.807, 2.05) is 0 Å². The van der Waals surface area contributed by atoms with E-state index in [9.17, 15) is 4.39 Å². The van der Waals surface area contributed by atoms with E-state index >= 15 is 0 Å². The molecule has 1 aromatic rings. The highest BCUT2D eigenvalue weighted by Gasteiger charge is 2.36. The molecule has 1 saturated carbocycles. The molecule has 3 heteroatoms. The number of hydrogen-bond acceptors (Lipinski definition) is 0. The van der Waals surface area contributed by atoms with Crippen LogP contribution in [0.3, 0.4) is 0 Å². The van der Waals surface area contributed by atoms with Crippen LogP contribution in [0, 0.1) is 5.82 Å². The minimum Gasteiger partial charge on any atom is -0.207 e. The third-order valence-electron chi connectivity index (χ3n) is 3.26. The summed E-state index contributed by atoms with van der Waals surface area (Å²) >= 11 is 9.75. The van der Waals surface area contributed by atoms with E-state index in [-0.39, 0.29) is 11.2 Å². The number of hydrogen-bond donors (Lipinski definition) is 0. The predicted molar refractivity (Wildman–Crippen MR) is 65.3 cm³/mol. The molecule has 2 rings (SSSR count). The standard InChI is InChI=1S/C12H13BrClF/c1-12(5-4-8(13)7-12)10-6-9(15)2-3-11(10)14/h2-3,6,8H,4-5,7H2,1H3. The molecule has 1 aliphatic rings. The number of halogens is 3. The Morgan fingerprint density at radius 1 is 1.53 bits per heavy atom. The lowest BCUT2D eigenvalue weighted by Gasteiger charge is -2.25. The van der Waals surface area contributed by atoms with Gasteiger partial charge in [0.05, 0.1) is 0 Å². The normalized spacial score (nSPS) is 30.8. The first-order chi connectivity index (χ1) is 7.01. The minimum absolute atomic E-state index is 0.0212. The predicted octanol–water partition coefficient (Wildman–Crippen LogP) is 4.68. The Bertz CT molecular complexity index is 380. The second-order valence-electron chi connectivity index (χ2n) is 4.52. The molecule has 0 amide bonds. The van der Waals surface area contributed by atoms with Gasteiger partial charge >= 0.3 is 0 Å². The molecule has 2 unspecified atom stereocenters. The van der Waals surface area contributed by atoms with Gasteiger partial charge in [-0.3, -0.25) is 0 Å². The Labute approximate surface area is 103 Å². The topological polar surface area (TPSA) is 0 Å². The average molecular weight is 292 g/mol. The summed E-state index contributed by atoms with van der Waals surface area (Å²) in [6.07, 6.45) is 3.21. The monoisotopic (exact) mass is 290 g/mol. The Morgan fingerprint density at radius 3 is 2.87 bits per heavy atom. The van der Waals surface area contributed by atoms with Gasteiger partial charge in [-0.2, -0.15) is 0 Å². The lowest BCUT2D eigenvalue weighted by atomic mass is 9.81. The highest BCUT2D eigenvalue weighted by Crippen LogP contribution is 2.45. The molecule has 82 valence electrons. The van der Waals surface area contributed by atoms with E-state index in [0.717, 1.165) is 24.8 Å². The van der Waals surface area contributed by atoms with Crippen molar-refractivity contribution in [2.45, 2.75) is 36.4 Å². The van der Waals surface area contributed by atoms with E-state index in [0.29, 0.717) is 9.85 Å². The first kappa shape index (κ1) is 11.4. The maximum absolute atomic E-state index is 13.2. The fraction of sp³-hybridized carbons (Fsp3) is 0.500. The summed E-state index contributed by atoms with van der Waals surface area (Å²) in [5.41, 5.74) is 0.971. The van der Waals surface area contributed by atoms with Crippen molar-refractivity contribution in [2.75, 3.05) is 0 Å². The van der Waals surface area contributed by atoms with E-state index < -0.39 is 0 Å². The molecule has 1 aromatic carbocycles. The molecule has 0 aliphatic heterocycles. The molecule has 1 aliphatic carbocycles. The third-order valence-corrected chi connectivity index (χ3v) is 4.37.